The van der Waals surface area contributed by atoms with Crippen LogP contribution in [0, 0.1) is 0 Å². The number of rotatable bonds is 3. The monoisotopic (exact) mass is 308 g/mol. The van der Waals surface area contributed by atoms with Gasteiger partial charge in [-0.3, -0.25) is 0 Å². The minimum atomic E-state index is -3.34. The molecule has 1 saturated heterocycles. The van der Waals surface area contributed by atoms with E-state index >= 15 is 0 Å². The Kier molecular flexibility index (Phi) is 4.18. The second kappa shape index (κ2) is 5.35. The van der Waals surface area contributed by atoms with Gasteiger partial charge in [0.05, 0.1) is 5.75 Å². The molecule has 1 heterocycles. The minimum Gasteiger partial charge on any atom is -0.326 e. The number of benzene rings is 1. The van der Waals surface area contributed by atoms with Crippen LogP contribution in [0.5, 0.6) is 0 Å². The maximum absolute atomic E-state index is 12.2. The molecule has 0 saturated carbocycles. The molecule has 2 N–H and O–H groups in total. The van der Waals surface area contributed by atoms with Crippen LogP contribution in [0.3, 0.4) is 0 Å². The Bertz CT molecular complexity index is 528. The molecule has 1 fully saturated rings. The molecule has 1 aliphatic heterocycles. The lowest BCUT2D eigenvalue weighted by Gasteiger charge is -2.16. The number of sulfonamides is 1. The normalized spacial score (nSPS) is 21.4. The lowest BCUT2D eigenvalue weighted by molar-refractivity contribution is 0.471. The number of halogens is 2. The SMILES string of the molecule is N[C@H]1CCN(S(=O)(=O)Cc2cc(Cl)cc(Cl)c2)C1. The first-order valence-electron chi connectivity index (χ1n) is 5.55. The van der Waals surface area contributed by atoms with E-state index in [4.69, 9.17) is 28.9 Å². The van der Waals surface area contributed by atoms with E-state index < -0.39 is 10.0 Å². The fourth-order valence-corrected chi connectivity index (χ4v) is 4.15. The average Bonchev–Trinajstić information content (AvgIpc) is 2.62. The molecule has 0 unspecified atom stereocenters. The maximum atomic E-state index is 12.2. The third-order valence-electron chi connectivity index (χ3n) is 2.85. The molecule has 0 bridgehead atoms. The zero-order valence-electron chi connectivity index (χ0n) is 9.64. The second-order valence-corrected chi connectivity index (χ2v) is 7.28. The molecule has 1 aromatic carbocycles. The third kappa shape index (κ3) is 3.36. The summed E-state index contributed by atoms with van der Waals surface area (Å²) in [5.74, 6) is -0.0972. The van der Waals surface area contributed by atoms with Gasteiger partial charge in [0.15, 0.2) is 0 Å². The molecule has 4 nitrogen and oxygen atoms in total. The Morgan fingerprint density at radius 3 is 2.39 bits per heavy atom. The summed E-state index contributed by atoms with van der Waals surface area (Å²) in [6.07, 6.45) is 0.704. The van der Waals surface area contributed by atoms with Crippen LogP contribution in [-0.4, -0.2) is 31.9 Å². The largest absolute Gasteiger partial charge is 0.326 e. The summed E-state index contributed by atoms with van der Waals surface area (Å²) in [6.45, 7) is 0.869. The van der Waals surface area contributed by atoms with E-state index in [2.05, 4.69) is 0 Å². The van der Waals surface area contributed by atoms with Gasteiger partial charge in [0, 0.05) is 29.2 Å². The van der Waals surface area contributed by atoms with E-state index in [1.165, 1.54) is 4.31 Å². The quantitative estimate of drug-likeness (QED) is 0.927. The smallest absolute Gasteiger partial charge is 0.218 e. The molecular formula is C11H14Cl2N2O2S. The van der Waals surface area contributed by atoms with Crippen molar-refractivity contribution in [3.8, 4) is 0 Å². The van der Waals surface area contributed by atoms with E-state index in [-0.39, 0.29) is 11.8 Å². The fraction of sp³-hybridized carbons (Fsp3) is 0.455. The number of nitrogens with zero attached hydrogens (tertiary/aromatic N) is 1. The molecule has 0 radical (unpaired) electrons. The van der Waals surface area contributed by atoms with Crippen molar-refractivity contribution in [2.24, 2.45) is 5.73 Å². The molecular weight excluding hydrogens is 295 g/mol. The van der Waals surface area contributed by atoms with Crippen molar-refractivity contribution in [1.29, 1.82) is 0 Å². The highest BCUT2D eigenvalue weighted by molar-refractivity contribution is 7.88. The van der Waals surface area contributed by atoms with Gasteiger partial charge in [-0.15, -0.1) is 0 Å². The Hall–Kier alpha value is -0.330. The zero-order chi connectivity index (χ0) is 13.3. The van der Waals surface area contributed by atoms with Gasteiger partial charge in [-0.05, 0) is 30.2 Å². The predicted molar refractivity (Wildman–Crippen MR) is 73.3 cm³/mol. The van der Waals surface area contributed by atoms with Crippen LogP contribution in [0.1, 0.15) is 12.0 Å². The van der Waals surface area contributed by atoms with Crippen molar-refractivity contribution < 1.29 is 8.42 Å². The van der Waals surface area contributed by atoms with Crippen molar-refractivity contribution in [3.05, 3.63) is 33.8 Å². The number of nitrogens with two attached hydrogens (primary N) is 1. The number of hydrogen-bond acceptors (Lipinski definition) is 3. The third-order valence-corrected chi connectivity index (χ3v) is 5.11. The Labute approximate surface area is 117 Å². The van der Waals surface area contributed by atoms with Gasteiger partial charge in [0.25, 0.3) is 0 Å². The average molecular weight is 309 g/mol. The van der Waals surface area contributed by atoms with Crippen LogP contribution in [0.25, 0.3) is 0 Å². The summed E-state index contributed by atoms with van der Waals surface area (Å²) in [7, 11) is -3.34. The van der Waals surface area contributed by atoms with Gasteiger partial charge in [0.1, 0.15) is 0 Å². The minimum absolute atomic E-state index is 0.0669. The van der Waals surface area contributed by atoms with E-state index in [1.807, 2.05) is 0 Å². The molecule has 1 aliphatic rings. The Balaban J connectivity index is 2.17. The first kappa shape index (κ1) is 14.1. The van der Waals surface area contributed by atoms with Crippen molar-refractivity contribution in [2.45, 2.75) is 18.2 Å². The lowest BCUT2D eigenvalue weighted by Crippen LogP contribution is -2.32. The van der Waals surface area contributed by atoms with E-state index in [0.29, 0.717) is 35.1 Å². The van der Waals surface area contributed by atoms with Gasteiger partial charge < -0.3 is 5.73 Å². The van der Waals surface area contributed by atoms with Crippen LogP contribution in [0.15, 0.2) is 18.2 Å². The molecule has 7 heteroatoms. The van der Waals surface area contributed by atoms with Gasteiger partial charge in [-0.2, -0.15) is 0 Å². The van der Waals surface area contributed by atoms with Crippen molar-refractivity contribution in [3.63, 3.8) is 0 Å². The molecule has 18 heavy (non-hydrogen) atoms. The predicted octanol–water partition coefficient (Wildman–Crippen LogP) is 1.86. The van der Waals surface area contributed by atoms with Crippen molar-refractivity contribution >= 4 is 33.2 Å². The molecule has 0 amide bonds. The zero-order valence-corrected chi connectivity index (χ0v) is 12.0. The molecule has 0 aliphatic carbocycles. The molecule has 1 atom stereocenters. The molecule has 1 aromatic rings. The Morgan fingerprint density at radius 1 is 1.28 bits per heavy atom. The highest BCUT2D eigenvalue weighted by atomic mass is 35.5. The van der Waals surface area contributed by atoms with Crippen LogP contribution < -0.4 is 5.73 Å². The standard InChI is InChI=1S/C11H14Cl2N2O2S/c12-9-3-8(4-10(13)5-9)7-18(16,17)15-2-1-11(14)6-15/h3-5,11H,1-2,6-7,14H2/t11-/m0/s1. The van der Waals surface area contributed by atoms with Gasteiger partial charge in [0.2, 0.25) is 10.0 Å². The highest BCUT2D eigenvalue weighted by Crippen LogP contribution is 2.22. The summed E-state index contributed by atoms with van der Waals surface area (Å²) in [6, 6.07) is 4.73. The first-order chi connectivity index (χ1) is 8.37. The van der Waals surface area contributed by atoms with E-state index in [9.17, 15) is 8.42 Å². The summed E-state index contributed by atoms with van der Waals surface area (Å²) < 4.78 is 25.7. The molecule has 0 spiro atoms. The van der Waals surface area contributed by atoms with E-state index in [0.717, 1.165) is 0 Å². The van der Waals surface area contributed by atoms with Gasteiger partial charge >= 0.3 is 0 Å². The lowest BCUT2D eigenvalue weighted by atomic mass is 10.2. The summed E-state index contributed by atoms with van der Waals surface area (Å²) >= 11 is 11.7. The molecule has 0 aromatic heterocycles. The van der Waals surface area contributed by atoms with Crippen molar-refractivity contribution in [2.75, 3.05) is 13.1 Å². The molecule has 2 rings (SSSR count). The maximum Gasteiger partial charge on any atom is 0.218 e. The molecule has 100 valence electrons. The van der Waals surface area contributed by atoms with Gasteiger partial charge in [-0.25, -0.2) is 12.7 Å². The number of hydrogen-bond donors (Lipinski definition) is 1. The first-order valence-corrected chi connectivity index (χ1v) is 7.92. The second-order valence-electron chi connectivity index (χ2n) is 4.44. The van der Waals surface area contributed by atoms with E-state index in [1.54, 1.807) is 18.2 Å². The van der Waals surface area contributed by atoms with Crippen LogP contribution >= 0.6 is 23.2 Å². The van der Waals surface area contributed by atoms with Crippen LogP contribution in [-0.2, 0) is 15.8 Å². The van der Waals surface area contributed by atoms with Gasteiger partial charge in [-0.1, -0.05) is 23.2 Å². The summed E-state index contributed by atoms with van der Waals surface area (Å²) in [5.41, 5.74) is 6.31. The van der Waals surface area contributed by atoms with Crippen LogP contribution in [0.2, 0.25) is 10.0 Å². The summed E-state index contributed by atoms with van der Waals surface area (Å²) in [5, 5.41) is 0.872. The summed E-state index contributed by atoms with van der Waals surface area (Å²) in [4.78, 5) is 0. The Morgan fingerprint density at radius 2 is 1.89 bits per heavy atom. The topological polar surface area (TPSA) is 63.4 Å². The van der Waals surface area contributed by atoms with Crippen molar-refractivity contribution in [1.82, 2.24) is 4.31 Å². The highest BCUT2D eigenvalue weighted by Gasteiger charge is 2.29. The fourth-order valence-electron chi connectivity index (χ4n) is 2.00. The van der Waals surface area contributed by atoms with Crippen LogP contribution in [0.4, 0.5) is 0 Å².